The number of alkyl halides is 4. The highest BCUT2D eigenvalue weighted by Crippen LogP contribution is 2.23. The number of hydrogen-bond donors (Lipinski definition) is 0. The van der Waals surface area contributed by atoms with Crippen molar-refractivity contribution in [3.63, 3.8) is 0 Å². The Morgan fingerprint density at radius 2 is 1.67 bits per heavy atom. The van der Waals surface area contributed by atoms with Crippen molar-refractivity contribution < 1.29 is 36.6 Å². The van der Waals surface area contributed by atoms with Gasteiger partial charge in [-0.3, -0.25) is 9.59 Å². The van der Waals surface area contributed by atoms with Crippen LogP contribution in [0.4, 0.5) is 17.6 Å². The summed E-state index contributed by atoms with van der Waals surface area (Å²) in [5.41, 5.74) is 0. The molecule has 0 radical (unpaired) electrons. The fourth-order valence-electron chi connectivity index (χ4n) is 1.11. The second kappa shape index (κ2) is 10.2. The summed E-state index contributed by atoms with van der Waals surface area (Å²) in [6.07, 6.45) is 0.363. The van der Waals surface area contributed by atoms with Crippen LogP contribution in [0.25, 0.3) is 0 Å². The topological polar surface area (TPSA) is 52.6 Å². The summed E-state index contributed by atoms with van der Waals surface area (Å²) in [5.74, 6) is -6.22. The van der Waals surface area contributed by atoms with E-state index in [1.54, 1.807) is 0 Å². The summed E-state index contributed by atoms with van der Waals surface area (Å²) in [6, 6.07) is 0. The van der Waals surface area contributed by atoms with Crippen LogP contribution < -0.4 is 0 Å². The normalized spacial score (nSPS) is 11.9. The Balaban J connectivity index is 3.78. The van der Waals surface area contributed by atoms with E-state index in [4.69, 9.17) is 4.74 Å². The van der Waals surface area contributed by atoms with E-state index in [-0.39, 0.29) is 13.0 Å². The van der Waals surface area contributed by atoms with Crippen molar-refractivity contribution >= 4 is 11.9 Å². The van der Waals surface area contributed by atoms with Crippen molar-refractivity contribution in [3.05, 3.63) is 12.2 Å². The van der Waals surface area contributed by atoms with Gasteiger partial charge in [0.2, 0.25) is 0 Å². The van der Waals surface area contributed by atoms with Gasteiger partial charge in [-0.2, -0.15) is 8.78 Å². The number of carbonyl (C=O) groups is 2. The Bertz CT molecular complexity index is 356. The van der Waals surface area contributed by atoms with Gasteiger partial charge in [-0.05, 0) is 12.8 Å². The van der Waals surface area contributed by atoms with Gasteiger partial charge in [0.15, 0.2) is 6.61 Å². The quantitative estimate of drug-likeness (QED) is 0.269. The molecule has 0 spiro atoms. The largest absolute Gasteiger partial charge is 0.465 e. The van der Waals surface area contributed by atoms with Gasteiger partial charge >= 0.3 is 24.3 Å². The maximum Gasteiger partial charge on any atom is 0.340 e. The van der Waals surface area contributed by atoms with Gasteiger partial charge in [0.1, 0.15) is 0 Å². The van der Waals surface area contributed by atoms with Crippen LogP contribution in [0.2, 0.25) is 0 Å². The lowest BCUT2D eigenvalue weighted by Gasteiger charge is -2.14. The van der Waals surface area contributed by atoms with E-state index >= 15 is 0 Å². The van der Waals surface area contributed by atoms with Gasteiger partial charge < -0.3 is 9.47 Å². The second-order valence-electron chi connectivity index (χ2n) is 4.11. The summed E-state index contributed by atoms with van der Waals surface area (Å²) in [7, 11) is 0. The Hall–Kier alpha value is -1.60. The van der Waals surface area contributed by atoms with Gasteiger partial charge in [-0.1, -0.05) is 19.1 Å². The molecule has 21 heavy (non-hydrogen) atoms. The fourth-order valence-corrected chi connectivity index (χ4v) is 1.11. The van der Waals surface area contributed by atoms with Crippen LogP contribution in [0.15, 0.2) is 12.2 Å². The van der Waals surface area contributed by atoms with E-state index in [0.717, 1.165) is 6.42 Å². The molecule has 0 fully saturated rings. The fraction of sp³-hybridized carbons (Fsp3) is 0.692. The first-order valence-corrected chi connectivity index (χ1v) is 6.41. The molecule has 0 rings (SSSR count). The van der Waals surface area contributed by atoms with Gasteiger partial charge in [-0.15, -0.1) is 0 Å². The zero-order chi connectivity index (χ0) is 16.3. The first-order chi connectivity index (χ1) is 9.79. The molecule has 0 aliphatic heterocycles. The molecule has 0 aliphatic rings. The Kier molecular flexibility index (Phi) is 9.40. The van der Waals surface area contributed by atoms with Crippen molar-refractivity contribution in [1.82, 2.24) is 0 Å². The van der Waals surface area contributed by atoms with E-state index in [1.807, 2.05) is 19.1 Å². The summed E-state index contributed by atoms with van der Waals surface area (Å²) >= 11 is 0. The van der Waals surface area contributed by atoms with Crippen molar-refractivity contribution in [2.24, 2.45) is 0 Å². The van der Waals surface area contributed by atoms with Gasteiger partial charge in [0, 0.05) is 0 Å². The molecule has 0 amide bonds. The third kappa shape index (κ3) is 9.86. The van der Waals surface area contributed by atoms with Crippen LogP contribution >= 0.6 is 0 Å². The third-order valence-electron chi connectivity index (χ3n) is 2.23. The summed E-state index contributed by atoms with van der Waals surface area (Å²) in [5, 5.41) is 0. The predicted molar refractivity (Wildman–Crippen MR) is 66.2 cm³/mol. The number of carbonyl (C=O) groups excluding carboxylic acids is 2. The Morgan fingerprint density at radius 3 is 2.19 bits per heavy atom. The third-order valence-corrected chi connectivity index (χ3v) is 2.23. The van der Waals surface area contributed by atoms with E-state index in [2.05, 4.69) is 4.74 Å². The molecule has 8 heteroatoms. The molecular formula is C13H18F4O4. The standard InChI is InChI=1S/C13H18F4O4/c1-2-3-4-5-8-20-10(18)6-7-11(19)21-9-13(16,17)12(14)15/h3-4,12H,2,5-9H2,1H3/b4-3+. The maximum absolute atomic E-state index is 12.4. The highest BCUT2D eigenvalue weighted by molar-refractivity contribution is 5.77. The molecule has 0 unspecified atom stereocenters. The number of hydrogen-bond acceptors (Lipinski definition) is 4. The number of ether oxygens (including phenoxy) is 2. The number of rotatable bonds is 10. The molecule has 0 aromatic rings. The van der Waals surface area contributed by atoms with E-state index < -0.39 is 37.3 Å². The average molecular weight is 314 g/mol. The SMILES string of the molecule is CC/C=C/CCOC(=O)CCC(=O)OCC(F)(F)C(F)F. The summed E-state index contributed by atoms with van der Waals surface area (Å²) in [4.78, 5) is 22.2. The molecule has 0 saturated heterocycles. The van der Waals surface area contributed by atoms with Crippen LogP contribution in [-0.2, 0) is 19.1 Å². The van der Waals surface area contributed by atoms with Crippen LogP contribution in [0, 0.1) is 0 Å². The van der Waals surface area contributed by atoms with Crippen molar-refractivity contribution in [2.45, 2.75) is 45.0 Å². The zero-order valence-electron chi connectivity index (χ0n) is 11.6. The molecule has 0 N–H and O–H groups in total. The van der Waals surface area contributed by atoms with Crippen molar-refractivity contribution in [1.29, 1.82) is 0 Å². The molecule has 0 bridgehead atoms. The van der Waals surface area contributed by atoms with E-state index in [1.165, 1.54) is 0 Å². The molecule has 122 valence electrons. The molecule has 0 atom stereocenters. The Labute approximate surface area is 120 Å². The number of esters is 2. The lowest BCUT2D eigenvalue weighted by Crippen LogP contribution is -2.33. The molecular weight excluding hydrogens is 296 g/mol. The number of allylic oxidation sites excluding steroid dienone is 1. The van der Waals surface area contributed by atoms with Crippen molar-refractivity contribution in [3.8, 4) is 0 Å². The molecule has 0 aliphatic carbocycles. The Morgan fingerprint density at radius 1 is 1.10 bits per heavy atom. The minimum Gasteiger partial charge on any atom is -0.465 e. The molecule has 0 heterocycles. The first kappa shape index (κ1) is 19.4. The van der Waals surface area contributed by atoms with Gasteiger partial charge in [0.25, 0.3) is 0 Å². The maximum atomic E-state index is 12.4. The predicted octanol–water partition coefficient (Wildman–Crippen LogP) is 3.11. The van der Waals surface area contributed by atoms with Crippen LogP contribution in [0.1, 0.15) is 32.6 Å². The minimum atomic E-state index is -4.39. The molecule has 4 nitrogen and oxygen atoms in total. The zero-order valence-corrected chi connectivity index (χ0v) is 11.6. The highest BCUT2D eigenvalue weighted by Gasteiger charge is 2.42. The highest BCUT2D eigenvalue weighted by atomic mass is 19.3. The van der Waals surface area contributed by atoms with Gasteiger partial charge in [0.05, 0.1) is 19.4 Å². The van der Waals surface area contributed by atoms with Gasteiger partial charge in [-0.25, -0.2) is 8.78 Å². The molecule has 0 aromatic carbocycles. The average Bonchev–Trinajstić information content (AvgIpc) is 2.42. The molecule has 0 saturated carbocycles. The lowest BCUT2D eigenvalue weighted by molar-refractivity contribution is -0.180. The molecule has 0 aromatic heterocycles. The number of halogens is 4. The van der Waals surface area contributed by atoms with E-state index in [0.29, 0.717) is 6.42 Å². The summed E-state index contributed by atoms with van der Waals surface area (Å²) in [6.45, 7) is 0.389. The summed E-state index contributed by atoms with van der Waals surface area (Å²) < 4.78 is 57.2. The smallest absolute Gasteiger partial charge is 0.340 e. The first-order valence-electron chi connectivity index (χ1n) is 6.41. The van der Waals surface area contributed by atoms with Crippen molar-refractivity contribution in [2.75, 3.05) is 13.2 Å². The van der Waals surface area contributed by atoms with Crippen LogP contribution in [-0.4, -0.2) is 37.5 Å². The lowest BCUT2D eigenvalue weighted by atomic mass is 10.3. The minimum absolute atomic E-state index is 0.147. The van der Waals surface area contributed by atoms with E-state index in [9.17, 15) is 27.2 Å². The van der Waals surface area contributed by atoms with Crippen LogP contribution in [0.5, 0.6) is 0 Å². The monoisotopic (exact) mass is 314 g/mol. The van der Waals surface area contributed by atoms with Crippen LogP contribution in [0.3, 0.4) is 0 Å². The second-order valence-corrected chi connectivity index (χ2v) is 4.11.